The fourth-order valence-electron chi connectivity index (χ4n) is 2.93. The van der Waals surface area contributed by atoms with Crippen LogP contribution < -0.4 is 20.7 Å². The molecule has 2 aromatic rings. The molecule has 1 heterocycles. The molecule has 1 aliphatic heterocycles. The lowest BCUT2D eigenvalue weighted by Gasteiger charge is -2.29. The monoisotopic (exact) mass is 341 g/mol. The van der Waals surface area contributed by atoms with Crippen molar-refractivity contribution in [3.63, 3.8) is 0 Å². The number of rotatable bonds is 4. The molecule has 1 fully saturated rings. The Morgan fingerprint density at radius 1 is 1.20 bits per heavy atom. The number of benzene rings is 2. The van der Waals surface area contributed by atoms with E-state index < -0.39 is 6.10 Å². The lowest BCUT2D eigenvalue weighted by atomic mass is 10.0. The van der Waals surface area contributed by atoms with Crippen molar-refractivity contribution in [1.29, 1.82) is 0 Å². The highest BCUT2D eigenvalue weighted by Gasteiger charge is 2.24. The van der Waals surface area contributed by atoms with Gasteiger partial charge in [0.1, 0.15) is 5.75 Å². The van der Waals surface area contributed by atoms with Gasteiger partial charge in [0, 0.05) is 12.1 Å². The van der Waals surface area contributed by atoms with Crippen molar-refractivity contribution in [2.45, 2.75) is 18.6 Å². The first-order valence-corrected chi connectivity index (χ1v) is 8.37. The molecule has 0 radical (unpaired) electrons. The maximum absolute atomic E-state index is 12.3. The van der Waals surface area contributed by atoms with Crippen LogP contribution in [0, 0.1) is 0 Å². The van der Waals surface area contributed by atoms with Gasteiger partial charge in [-0.3, -0.25) is 0 Å². The maximum atomic E-state index is 12.3. The summed E-state index contributed by atoms with van der Waals surface area (Å²) in [4.78, 5) is 12.3. The molecule has 2 atom stereocenters. The number of aliphatic hydroxyl groups is 1. The molecule has 0 aromatic heterocycles. The first-order valence-electron chi connectivity index (χ1n) is 8.37. The van der Waals surface area contributed by atoms with Gasteiger partial charge in [0.25, 0.3) is 0 Å². The van der Waals surface area contributed by atoms with Crippen LogP contribution in [0.3, 0.4) is 0 Å². The number of methoxy groups -OCH3 is 1. The number of ether oxygens (including phenoxy) is 1. The van der Waals surface area contributed by atoms with Gasteiger partial charge in [-0.05, 0) is 36.7 Å². The van der Waals surface area contributed by atoms with E-state index in [-0.39, 0.29) is 12.1 Å². The minimum absolute atomic E-state index is 0.290. The largest absolute Gasteiger partial charge is 0.497 e. The van der Waals surface area contributed by atoms with Crippen LogP contribution in [0.1, 0.15) is 6.42 Å². The fourth-order valence-corrected chi connectivity index (χ4v) is 2.93. The number of hydrogen-bond acceptors (Lipinski definition) is 4. The summed E-state index contributed by atoms with van der Waals surface area (Å²) in [6.07, 6.45) is 0.108. The lowest BCUT2D eigenvalue weighted by molar-refractivity contribution is 0.103. The van der Waals surface area contributed by atoms with Gasteiger partial charge < -0.3 is 25.8 Å². The minimum Gasteiger partial charge on any atom is -0.497 e. The summed E-state index contributed by atoms with van der Waals surface area (Å²) in [5.74, 6) is 0.783. The Bertz CT molecular complexity index is 718. The highest BCUT2D eigenvalue weighted by Crippen LogP contribution is 2.29. The third-order valence-corrected chi connectivity index (χ3v) is 4.34. The Kier molecular flexibility index (Phi) is 5.53. The molecule has 0 spiro atoms. The van der Waals surface area contributed by atoms with Crippen LogP contribution in [0.4, 0.5) is 10.5 Å². The van der Waals surface area contributed by atoms with Gasteiger partial charge in [0.15, 0.2) is 0 Å². The normalized spacial score (nSPS) is 19.9. The molecule has 6 nitrogen and oxygen atoms in total. The number of carbonyl (C=O) groups excluding carboxylic acids is 1. The van der Waals surface area contributed by atoms with Crippen molar-refractivity contribution in [2.75, 3.05) is 25.5 Å². The maximum Gasteiger partial charge on any atom is 0.319 e. The van der Waals surface area contributed by atoms with E-state index in [1.807, 2.05) is 48.5 Å². The van der Waals surface area contributed by atoms with Crippen molar-refractivity contribution in [3.05, 3.63) is 48.5 Å². The molecule has 4 N–H and O–H groups in total. The van der Waals surface area contributed by atoms with Crippen molar-refractivity contribution in [1.82, 2.24) is 10.6 Å². The van der Waals surface area contributed by atoms with Crippen LogP contribution in [-0.2, 0) is 0 Å². The topological polar surface area (TPSA) is 82.6 Å². The molecule has 0 aliphatic carbocycles. The van der Waals surface area contributed by atoms with E-state index in [0.717, 1.165) is 23.4 Å². The molecule has 0 saturated carbocycles. The molecule has 3 rings (SSSR count). The van der Waals surface area contributed by atoms with E-state index in [4.69, 9.17) is 4.74 Å². The first kappa shape index (κ1) is 17.3. The Hall–Kier alpha value is -2.57. The summed E-state index contributed by atoms with van der Waals surface area (Å²) in [6, 6.07) is 14.7. The van der Waals surface area contributed by atoms with Gasteiger partial charge in [-0.1, -0.05) is 30.3 Å². The second kappa shape index (κ2) is 8.00. The Balaban J connectivity index is 1.72. The molecule has 2 amide bonds. The number of carbonyl (C=O) groups is 1. The third-order valence-electron chi connectivity index (χ3n) is 4.34. The van der Waals surface area contributed by atoms with Gasteiger partial charge in [-0.25, -0.2) is 4.79 Å². The van der Waals surface area contributed by atoms with E-state index >= 15 is 0 Å². The average Bonchev–Trinajstić information content (AvgIpc) is 2.64. The number of amides is 2. The zero-order valence-electron chi connectivity index (χ0n) is 14.2. The van der Waals surface area contributed by atoms with E-state index in [0.29, 0.717) is 18.7 Å². The van der Waals surface area contributed by atoms with Gasteiger partial charge >= 0.3 is 6.03 Å². The molecule has 2 aromatic carbocycles. The van der Waals surface area contributed by atoms with Crippen LogP contribution in [0.2, 0.25) is 0 Å². The Morgan fingerprint density at radius 3 is 2.68 bits per heavy atom. The van der Waals surface area contributed by atoms with Gasteiger partial charge in [0.2, 0.25) is 0 Å². The van der Waals surface area contributed by atoms with Crippen molar-refractivity contribution in [2.24, 2.45) is 0 Å². The molecule has 6 heteroatoms. The molecule has 25 heavy (non-hydrogen) atoms. The number of hydrogen-bond donors (Lipinski definition) is 4. The summed E-state index contributed by atoms with van der Waals surface area (Å²) in [5.41, 5.74) is 2.61. The molecule has 132 valence electrons. The van der Waals surface area contributed by atoms with E-state index in [1.165, 1.54) is 0 Å². The summed E-state index contributed by atoms with van der Waals surface area (Å²) in [7, 11) is 1.63. The molecule has 1 saturated heterocycles. The van der Waals surface area contributed by atoms with Crippen LogP contribution >= 0.6 is 0 Å². The second-order valence-electron chi connectivity index (χ2n) is 6.04. The number of para-hydroxylation sites is 1. The predicted molar refractivity (Wildman–Crippen MR) is 97.9 cm³/mol. The van der Waals surface area contributed by atoms with Crippen molar-refractivity contribution >= 4 is 11.7 Å². The van der Waals surface area contributed by atoms with Gasteiger partial charge in [-0.2, -0.15) is 0 Å². The Morgan fingerprint density at radius 2 is 1.96 bits per heavy atom. The van der Waals surface area contributed by atoms with E-state index in [2.05, 4.69) is 16.0 Å². The van der Waals surface area contributed by atoms with Gasteiger partial charge in [0.05, 0.1) is 24.9 Å². The van der Waals surface area contributed by atoms with Crippen LogP contribution in [0.5, 0.6) is 5.75 Å². The molecular formula is C19H23N3O3. The van der Waals surface area contributed by atoms with Crippen LogP contribution in [0.15, 0.2) is 48.5 Å². The third kappa shape index (κ3) is 4.29. The fraction of sp³-hybridized carbons (Fsp3) is 0.316. The van der Waals surface area contributed by atoms with Crippen LogP contribution in [0.25, 0.3) is 11.1 Å². The highest BCUT2D eigenvalue weighted by atomic mass is 16.5. The van der Waals surface area contributed by atoms with Crippen LogP contribution in [-0.4, -0.2) is 43.5 Å². The number of nitrogens with one attached hydrogen (secondary N) is 3. The number of aliphatic hydroxyl groups excluding tert-OH is 1. The molecule has 0 unspecified atom stereocenters. The van der Waals surface area contributed by atoms with E-state index in [9.17, 15) is 9.90 Å². The average molecular weight is 341 g/mol. The lowest BCUT2D eigenvalue weighted by Crippen LogP contribution is -2.54. The smallest absolute Gasteiger partial charge is 0.319 e. The highest BCUT2D eigenvalue weighted by molar-refractivity contribution is 5.94. The number of urea groups is 1. The summed E-state index contributed by atoms with van der Waals surface area (Å²) in [6.45, 7) is 1.33. The van der Waals surface area contributed by atoms with Crippen molar-refractivity contribution < 1.29 is 14.6 Å². The molecule has 0 bridgehead atoms. The zero-order valence-corrected chi connectivity index (χ0v) is 14.2. The minimum atomic E-state index is -0.524. The molecular weight excluding hydrogens is 318 g/mol. The zero-order chi connectivity index (χ0) is 17.6. The van der Waals surface area contributed by atoms with Crippen molar-refractivity contribution in [3.8, 4) is 16.9 Å². The van der Waals surface area contributed by atoms with Gasteiger partial charge in [-0.15, -0.1) is 0 Å². The molecule has 1 aliphatic rings. The standard InChI is InChI=1S/C19H23N3O3/c1-25-14-8-6-13(7-9-14)15-4-2-3-5-16(15)21-19(24)22-17-12-20-11-10-18(17)23/h2-9,17-18,20,23H,10-12H2,1H3,(H2,21,22,24)/t17-,18-/m1/s1. The SMILES string of the molecule is COc1ccc(-c2ccccc2NC(=O)N[C@@H]2CNCC[C@H]2O)cc1. The summed E-state index contributed by atoms with van der Waals surface area (Å²) in [5, 5.41) is 18.9. The number of piperidine rings is 1. The first-order chi connectivity index (χ1) is 12.2. The summed E-state index contributed by atoms with van der Waals surface area (Å²) < 4.78 is 5.19. The van der Waals surface area contributed by atoms with E-state index in [1.54, 1.807) is 7.11 Å². The Labute approximate surface area is 147 Å². The number of anilines is 1. The quantitative estimate of drug-likeness (QED) is 0.687. The summed E-state index contributed by atoms with van der Waals surface area (Å²) >= 11 is 0. The second-order valence-corrected chi connectivity index (χ2v) is 6.04. The predicted octanol–water partition coefficient (Wildman–Crippen LogP) is 2.21.